The summed E-state index contributed by atoms with van der Waals surface area (Å²) in [6, 6.07) is 0. The molecule has 21 aliphatic heterocycles. The van der Waals surface area contributed by atoms with Gasteiger partial charge in [0.2, 0.25) is 0 Å². The Balaban J connectivity index is 0.00000392. The molecule has 0 radical (unpaired) electrons. The number of ether oxygens (including phenoxy) is 14. The van der Waals surface area contributed by atoms with Crippen LogP contribution in [-0.2, 0) is 66.3 Å². The maximum atomic E-state index is 11.3. The van der Waals surface area contributed by atoms with Gasteiger partial charge in [0.05, 0.1) is 46.2 Å². The molecule has 21 N–H and O–H groups in total. The first-order chi connectivity index (χ1) is 36.7. The maximum Gasteiger partial charge on any atom is 0.187 e. The van der Waals surface area contributed by atoms with Gasteiger partial charge in [-0.3, -0.25) is 0 Å². The van der Waals surface area contributed by atoms with Gasteiger partial charge in [-0.2, -0.15) is 0 Å². The monoisotopic (exact) mass is 1180 g/mol. The molecular formula is C45H82O35. The van der Waals surface area contributed by atoms with Crippen LogP contribution in [0.2, 0.25) is 0 Å². The maximum absolute atomic E-state index is 11.3. The van der Waals surface area contributed by atoms with Crippen molar-refractivity contribution in [3.05, 3.63) is 0 Å². The molecular weight excluding hydrogens is 1100 g/mol. The van der Waals surface area contributed by atoms with Gasteiger partial charge in [0.15, 0.2) is 44.0 Å². The third-order valence-corrected chi connectivity index (χ3v) is 14.8. The van der Waals surface area contributed by atoms with Crippen LogP contribution in [0.3, 0.4) is 0 Å². The van der Waals surface area contributed by atoms with E-state index in [1.165, 1.54) is 0 Å². The van der Waals surface area contributed by atoms with Crippen molar-refractivity contribution in [3.8, 4) is 0 Å². The van der Waals surface area contributed by atoms with E-state index in [9.17, 15) is 107 Å². The fourth-order valence-electron chi connectivity index (χ4n) is 10.4. The van der Waals surface area contributed by atoms with Crippen molar-refractivity contribution in [2.45, 2.75) is 237 Å². The van der Waals surface area contributed by atoms with E-state index in [4.69, 9.17) is 66.3 Å². The van der Waals surface area contributed by atoms with Crippen LogP contribution in [0, 0.1) is 0 Å². The van der Waals surface area contributed by atoms with E-state index in [0.29, 0.717) is 0 Å². The molecule has 21 heterocycles. The summed E-state index contributed by atoms with van der Waals surface area (Å²) >= 11 is 0. The zero-order valence-electron chi connectivity index (χ0n) is 40.3. The van der Waals surface area contributed by atoms with Crippen molar-refractivity contribution in [1.82, 2.24) is 0 Å². The highest BCUT2D eigenvalue weighted by Crippen LogP contribution is 2.39. The summed E-state index contributed by atoms with van der Waals surface area (Å²) < 4.78 is 79.5. The summed E-state index contributed by atoms with van der Waals surface area (Å²) in [5.74, 6) is 0. The topological polar surface area (TPSA) is 554 Å². The molecule has 472 valence electrons. The largest absolute Gasteiger partial charge is 0.394 e. The van der Waals surface area contributed by atoms with E-state index in [2.05, 4.69) is 0 Å². The van der Waals surface area contributed by atoms with Gasteiger partial charge < -0.3 is 174 Å². The van der Waals surface area contributed by atoms with Crippen molar-refractivity contribution in [2.75, 3.05) is 46.2 Å². The van der Waals surface area contributed by atoms with Gasteiger partial charge in [-0.05, 0) is 0 Å². The lowest BCUT2D eigenvalue weighted by atomic mass is 9.95. The summed E-state index contributed by atoms with van der Waals surface area (Å²) in [4.78, 5) is 0. The first-order valence-corrected chi connectivity index (χ1v) is 24.6. The Kier molecular flexibility index (Phi) is 25.4. The standard InChI is InChI=1S/C42H70O35.3CH4/c43-1-8-29-15(50)22(57)36(64-8)72-30-9(2-44)66-38(24(59)17(30)52)74-32-11(4-46)68-40(26(61)19(32)54)76-34-13(6-48)70-42(28(63)21(34)56)77-35-14(7-49)69-41(27(62)20(35)55)75-33-12(5-47)67-39(25(60)18(33)53)73-31-10(3-45)65-37(71-29)23(58)16(31)51;;;/h8-63H,1-7H2;3*1H4/t8?,9?,10?,11?,12?,13?,14?,15-,16-,17-,18-,19-,20-,21-,22?,23?,24?,25?,26?,27?,28?,29-,30-,31-,32-,33-,34-,35-,36-,37-,38-,39-,40-,41-,42-;;;/m1.../s1. The average Bonchev–Trinajstić information content (AvgIpc) is 3.43. The summed E-state index contributed by atoms with van der Waals surface area (Å²) in [5, 5.41) is 230. The van der Waals surface area contributed by atoms with Crippen LogP contribution < -0.4 is 0 Å². The summed E-state index contributed by atoms with van der Waals surface area (Å²) in [6.07, 6.45) is -70.2. The van der Waals surface area contributed by atoms with Gasteiger partial charge in [0, 0.05) is 0 Å². The second-order valence-corrected chi connectivity index (χ2v) is 19.7. The Hall–Kier alpha value is -1.40. The third kappa shape index (κ3) is 13.4. The molecule has 35 heteroatoms. The van der Waals surface area contributed by atoms with Gasteiger partial charge in [0.25, 0.3) is 0 Å². The minimum atomic E-state index is -2.21. The Bertz CT molecular complexity index is 1470. The molecule has 0 aliphatic carbocycles. The number of aliphatic hydroxyl groups excluding tert-OH is 21. The predicted octanol–water partition coefficient (Wildman–Crippen LogP) is -13.3. The van der Waals surface area contributed by atoms with Crippen LogP contribution in [0.5, 0.6) is 0 Å². The van der Waals surface area contributed by atoms with Crippen molar-refractivity contribution in [1.29, 1.82) is 0 Å². The fraction of sp³-hybridized carbons (Fsp3) is 1.00. The first kappa shape index (κ1) is 69.4. The van der Waals surface area contributed by atoms with Crippen LogP contribution >= 0.6 is 0 Å². The molecule has 0 aromatic rings. The Morgan fingerprint density at radius 1 is 0.163 bits per heavy atom. The molecule has 0 saturated carbocycles. The van der Waals surface area contributed by atoms with Crippen molar-refractivity contribution < 1.29 is 174 Å². The second kappa shape index (κ2) is 29.3. The molecule has 21 aliphatic rings. The van der Waals surface area contributed by atoms with Gasteiger partial charge in [-0.1, -0.05) is 22.3 Å². The van der Waals surface area contributed by atoms with Gasteiger partial charge in [-0.15, -0.1) is 0 Å². The smallest absolute Gasteiger partial charge is 0.187 e. The molecule has 14 unspecified atom stereocenters. The first-order valence-electron chi connectivity index (χ1n) is 24.6. The van der Waals surface area contributed by atoms with E-state index in [1.807, 2.05) is 0 Å². The molecule has 35 nitrogen and oxygen atoms in total. The van der Waals surface area contributed by atoms with E-state index in [0.717, 1.165) is 0 Å². The number of hydrogen-bond acceptors (Lipinski definition) is 35. The van der Waals surface area contributed by atoms with Crippen molar-refractivity contribution >= 4 is 0 Å². The molecule has 21 saturated heterocycles. The SMILES string of the molecule is C.C.C.OCC1O[C@@H]2O[C@@H]3C(CO)O[C@H](O[C@@H]4C(CO)O[C@H](O[C@@H]5C(CO)O[C@H](O[C@@H]6C(CO)O[C@H](O[C@@H]7C(CO)O[C@H](O[C@@H]8C(CO)O[C@H](O[C@H]1[C@H](O)C2O)C(O)[C@H]8O)C(O)[C@H]7O)C(O)[C@H]6O)C(O)[C@H]5O)C(O)[C@H]4O)C(O)[C@H]3O. The molecule has 0 aromatic carbocycles. The lowest BCUT2D eigenvalue weighted by Crippen LogP contribution is -2.68. The van der Waals surface area contributed by atoms with Crippen LogP contribution in [0.1, 0.15) is 22.3 Å². The van der Waals surface area contributed by atoms with E-state index in [1.54, 1.807) is 0 Å². The summed E-state index contributed by atoms with van der Waals surface area (Å²) in [6.45, 7) is -7.33. The third-order valence-electron chi connectivity index (χ3n) is 14.8. The minimum absolute atomic E-state index is 0. The normalized spacial score (nSPS) is 53.3. The van der Waals surface area contributed by atoms with Crippen LogP contribution in [0.15, 0.2) is 0 Å². The predicted molar refractivity (Wildman–Crippen MR) is 249 cm³/mol. The minimum Gasteiger partial charge on any atom is -0.394 e. The zero-order valence-corrected chi connectivity index (χ0v) is 40.3. The fourth-order valence-corrected chi connectivity index (χ4v) is 10.4. The molecule has 35 atom stereocenters. The number of rotatable bonds is 7. The van der Waals surface area contributed by atoms with Gasteiger partial charge >= 0.3 is 0 Å². The van der Waals surface area contributed by atoms with E-state index in [-0.39, 0.29) is 22.3 Å². The van der Waals surface area contributed by atoms with Crippen LogP contribution in [-0.4, -0.2) is 368 Å². The molecule has 14 bridgehead atoms. The van der Waals surface area contributed by atoms with Crippen LogP contribution in [0.4, 0.5) is 0 Å². The Labute approximate surface area is 456 Å². The van der Waals surface area contributed by atoms with Crippen molar-refractivity contribution in [2.24, 2.45) is 0 Å². The molecule has 0 spiro atoms. The Morgan fingerprint density at radius 3 is 0.350 bits per heavy atom. The average molecular weight is 1180 g/mol. The molecule has 0 amide bonds. The molecule has 21 fully saturated rings. The van der Waals surface area contributed by atoms with Gasteiger partial charge in [-0.25, -0.2) is 0 Å². The highest BCUT2D eigenvalue weighted by Gasteiger charge is 2.59. The van der Waals surface area contributed by atoms with Crippen molar-refractivity contribution in [3.63, 3.8) is 0 Å². The van der Waals surface area contributed by atoms with E-state index < -0.39 is 261 Å². The lowest BCUT2D eigenvalue weighted by Gasteiger charge is -2.50. The summed E-state index contributed by atoms with van der Waals surface area (Å²) in [5.41, 5.74) is 0. The van der Waals surface area contributed by atoms with Gasteiger partial charge in [0.1, 0.15) is 171 Å². The Morgan fingerprint density at radius 2 is 0.263 bits per heavy atom. The summed E-state index contributed by atoms with van der Waals surface area (Å²) in [7, 11) is 0. The molecule has 21 rings (SSSR count). The number of aliphatic hydroxyl groups is 21. The zero-order chi connectivity index (χ0) is 56.1. The lowest BCUT2D eigenvalue weighted by molar-refractivity contribution is -0.396. The second-order valence-electron chi connectivity index (χ2n) is 19.7. The van der Waals surface area contributed by atoms with Crippen LogP contribution in [0.25, 0.3) is 0 Å². The van der Waals surface area contributed by atoms with E-state index >= 15 is 0 Å². The number of hydrogen-bond donors (Lipinski definition) is 21. The quantitative estimate of drug-likeness (QED) is 0.113. The molecule has 0 aromatic heterocycles. The highest BCUT2D eigenvalue weighted by molar-refractivity contribution is 5.01. The highest BCUT2D eigenvalue weighted by atomic mass is 16.8. The molecule has 80 heavy (non-hydrogen) atoms.